The van der Waals surface area contributed by atoms with Gasteiger partial charge in [0.2, 0.25) is 11.8 Å². The molecule has 3 aromatic rings. The summed E-state index contributed by atoms with van der Waals surface area (Å²) in [6.45, 7) is 0. The van der Waals surface area contributed by atoms with Crippen LogP contribution in [0.3, 0.4) is 0 Å². The predicted molar refractivity (Wildman–Crippen MR) is 121 cm³/mol. The van der Waals surface area contributed by atoms with Crippen molar-refractivity contribution in [3.05, 3.63) is 113 Å². The Morgan fingerprint density at radius 1 is 0.633 bits per heavy atom. The van der Waals surface area contributed by atoms with Gasteiger partial charge in [0.25, 0.3) is 0 Å². The Balaban J connectivity index is 1.64. The maximum absolute atomic E-state index is 13.7. The Morgan fingerprint density at radius 2 is 1.13 bits per heavy atom. The molecule has 1 saturated heterocycles. The van der Waals surface area contributed by atoms with Gasteiger partial charge in [-0.05, 0) is 29.3 Å². The molecule has 5 rings (SSSR count). The number of allylic oxidation sites excluding steroid dienone is 2. The maximum Gasteiger partial charge on any atom is 0.238 e. The molecule has 30 heavy (non-hydrogen) atoms. The monoisotopic (exact) mass is 457 g/mol. The molecular formula is C26H20BrNO2. The molecule has 148 valence electrons. The lowest BCUT2D eigenvalue weighted by Crippen LogP contribution is -2.31. The summed E-state index contributed by atoms with van der Waals surface area (Å²) in [7, 11) is 0. The summed E-state index contributed by atoms with van der Waals surface area (Å²) in [6.07, 6.45) is 4.23. The first kappa shape index (κ1) is 19.0. The van der Waals surface area contributed by atoms with Crippen molar-refractivity contribution in [1.29, 1.82) is 0 Å². The van der Waals surface area contributed by atoms with Gasteiger partial charge in [0.15, 0.2) is 0 Å². The highest BCUT2D eigenvalue weighted by Gasteiger charge is 2.55. The number of carbonyl (C=O) groups is 2. The molecule has 4 heteroatoms. The summed E-state index contributed by atoms with van der Waals surface area (Å²) < 4.78 is 0.841. The molecule has 1 fully saturated rings. The van der Waals surface area contributed by atoms with E-state index in [0.717, 1.165) is 15.6 Å². The van der Waals surface area contributed by atoms with Crippen LogP contribution in [-0.2, 0) is 9.59 Å². The van der Waals surface area contributed by atoms with Gasteiger partial charge in [-0.2, -0.15) is 0 Å². The van der Waals surface area contributed by atoms with Gasteiger partial charge in [-0.25, -0.2) is 4.90 Å². The molecule has 3 nitrogen and oxygen atoms in total. The molecule has 3 aromatic carbocycles. The van der Waals surface area contributed by atoms with Crippen LogP contribution in [-0.4, -0.2) is 11.8 Å². The molecule has 0 bridgehead atoms. The van der Waals surface area contributed by atoms with Crippen LogP contribution in [0, 0.1) is 11.8 Å². The third kappa shape index (κ3) is 3.12. The highest BCUT2D eigenvalue weighted by molar-refractivity contribution is 9.10. The first-order valence-electron chi connectivity index (χ1n) is 10.1. The Morgan fingerprint density at radius 3 is 1.60 bits per heavy atom. The zero-order valence-corrected chi connectivity index (χ0v) is 17.8. The SMILES string of the molecule is O=C1[C@@H]2[C@H](C(=O)N1c1cccc(Br)c1)[C@H](c1ccccc1)C=C[C@@H]2c1ccccc1. The van der Waals surface area contributed by atoms with Crippen molar-refractivity contribution in [3.63, 3.8) is 0 Å². The van der Waals surface area contributed by atoms with E-state index in [4.69, 9.17) is 0 Å². The van der Waals surface area contributed by atoms with E-state index < -0.39 is 11.8 Å². The molecule has 4 atom stereocenters. The van der Waals surface area contributed by atoms with Crippen LogP contribution in [0.4, 0.5) is 5.69 Å². The number of hydrogen-bond donors (Lipinski definition) is 0. The molecule has 2 amide bonds. The van der Waals surface area contributed by atoms with Crippen molar-refractivity contribution in [1.82, 2.24) is 0 Å². The van der Waals surface area contributed by atoms with Gasteiger partial charge in [0, 0.05) is 16.3 Å². The molecule has 0 N–H and O–H groups in total. The highest BCUT2D eigenvalue weighted by atomic mass is 79.9. The molecule has 1 heterocycles. The van der Waals surface area contributed by atoms with Crippen LogP contribution < -0.4 is 4.90 Å². The van der Waals surface area contributed by atoms with Gasteiger partial charge in [0.05, 0.1) is 17.5 Å². The molecule has 0 unspecified atom stereocenters. The number of nitrogens with zero attached hydrogens (tertiary/aromatic N) is 1. The Bertz CT molecular complexity index is 1060. The van der Waals surface area contributed by atoms with E-state index in [1.165, 1.54) is 4.90 Å². The fraction of sp³-hybridized carbons (Fsp3) is 0.154. The number of hydrogen-bond acceptors (Lipinski definition) is 2. The molecule has 0 radical (unpaired) electrons. The van der Waals surface area contributed by atoms with Gasteiger partial charge in [-0.1, -0.05) is 94.8 Å². The minimum atomic E-state index is -0.422. The zero-order valence-electron chi connectivity index (χ0n) is 16.2. The first-order chi connectivity index (χ1) is 14.6. The molecule has 1 aliphatic heterocycles. The maximum atomic E-state index is 13.7. The van der Waals surface area contributed by atoms with E-state index in [2.05, 4.69) is 28.1 Å². The van der Waals surface area contributed by atoms with Crippen molar-refractivity contribution in [2.45, 2.75) is 11.8 Å². The van der Waals surface area contributed by atoms with E-state index >= 15 is 0 Å². The predicted octanol–water partition coefficient (Wildman–Crippen LogP) is 5.69. The number of imide groups is 1. The second-order valence-corrected chi connectivity index (χ2v) is 8.72. The average molecular weight is 458 g/mol. The lowest BCUT2D eigenvalue weighted by atomic mass is 9.68. The normalized spacial score (nSPS) is 25.4. The summed E-state index contributed by atoms with van der Waals surface area (Å²) in [6, 6.07) is 27.4. The van der Waals surface area contributed by atoms with Crippen molar-refractivity contribution >= 4 is 33.4 Å². The van der Waals surface area contributed by atoms with Crippen LogP contribution in [0.5, 0.6) is 0 Å². The Kier molecular flexibility index (Phi) is 4.87. The summed E-state index contributed by atoms with van der Waals surface area (Å²) in [4.78, 5) is 28.7. The smallest absolute Gasteiger partial charge is 0.238 e. The fourth-order valence-corrected chi connectivity index (χ4v) is 5.19. The van der Waals surface area contributed by atoms with Crippen LogP contribution >= 0.6 is 15.9 Å². The molecule has 2 aliphatic rings. The largest absolute Gasteiger partial charge is 0.274 e. The van der Waals surface area contributed by atoms with Gasteiger partial charge in [-0.3, -0.25) is 9.59 Å². The van der Waals surface area contributed by atoms with E-state index in [1.54, 1.807) is 0 Å². The fourth-order valence-electron chi connectivity index (χ4n) is 4.80. The minimum Gasteiger partial charge on any atom is -0.274 e. The number of rotatable bonds is 3. The van der Waals surface area contributed by atoms with Crippen LogP contribution in [0.1, 0.15) is 23.0 Å². The minimum absolute atomic E-state index is 0.121. The molecular weight excluding hydrogens is 438 g/mol. The number of benzene rings is 3. The van der Waals surface area contributed by atoms with E-state index in [-0.39, 0.29) is 23.7 Å². The highest BCUT2D eigenvalue weighted by Crippen LogP contribution is 2.50. The quantitative estimate of drug-likeness (QED) is 0.374. The summed E-state index contributed by atoms with van der Waals surface area (Å²) in [5.41, 5.74) is 2.74. The van der Waals surface area contributed by atoms with Gasteiger partial charge in [-0.15, -0.1) is 0 Å². The number of halogens is 1. The number of anilines is 1. The number of fused-ring (bicyclic) bond motifs is 1. The summed E-state index contributed by atoms with van der Waals surface area (Å²) in [5, 5.41) is 0. The van der Waals surface area contributed by atoms with Gasteiger partial charge < -0.3 is 0 Å². The topological polar surface area (TPSA) is 37.4 Å². The lowest BCUT2D eigenvalue weighted by molar-refractivity contribution is -0.122. The van der Waals surface area contributed by atoms with Crippen LogP contribution in [0.25, 0.3) is 0 Å². The third-order valence-corrected chi connectivity index (χ3v) is 6.63. The van der Waals surface area contributed by atoms with Crippen molar-refractivity contribution in [2.24, 2.45) is 11.8 Å². The Hall–Kier alpha value is -2.98. The number of amides is 2. The van der Waals surface area contributed by atoms with Crippen LogP contribution in [0.2, 0.25) is 0 Å². The molecule has 0 spiro atoms. The lowest BCUT2D eigenvalue weighted by Gasteiger charge is -2.32. The summed E-state index contributed by atoms with van der Waals surface area (Å²) in [5.74, 6) is -1.33. The average Bonchev–Trinajstić information content (AvgIpc) is 3.05. The standard InChI is InChI=1S/C26H20BrNO2/c27-19-12-7-13-20(16-19)28-25(29)23-21(17-8-3-1-4-9-17)14-15-22(24(23)26(28)30)18-10-5-2-6-11-18/h1-16,21-24H/t21-,22+,23+,24-. The zero-order chi connectivity index (χ0) is 20.7. The van der Waals surface area contributed by atoms with Crippen molar-refractivity contribution in [3.8, 4) is 0 Å². The van der Waals surface area contributed by atoms with E-state index in [9.17, 15) is 9.59 Å². The second kappa shape index (κ2) is 7.69. The van der Waals surface area contributed by atoms with E-state index in [0.29, 0.717) is 5.69 Å². The molecule has 0 saturated carbocycles. The molecule has 1 aliphatic carbocycles. The van der Waals surface area contributed by atoms with Gasteiger partial charge >= 0.3 is 0 Å². The third-order valence-electron chi connectivity index (χ3n) is 6.13. The number of carbonyl (C=O) groups excluding carboxylic acids is 2. The van der Waals surface area contributed by atoms with E-state index in [1.807, 2.05) is 84.9 Å². The van der Waals surface area contributed by atoms with Gasteiger partial charge in [0.1, 0.15) is 0 Å². The first-order valence-corrected chi connectivity index (χ1v) is 10.9. The van der Waals surface area contributed by atoms with Crippen LogP contribution in [0.15, 0.2) is 102 Å². The Labute approximate surface area is 184 Å². The molecule has 0 aromatic heterocycles. The van der Waals surface area contributed by atoms with Crippen molar-refractivity contribution in [2.75, 3.05) is 4.90 Å². The summed E-state index contributed by atoms with van der Waals surface area (Å²) >= 11 is 3.46. The van der Waals surface area contributed by atoms with Crippen molar-refractivity contribution < 1.29 is 9.59 Å². The second-order valence-electron chi connectivity index (χ2n) is 7.80.